The van der Waals surface area contributed by atoms with E-state index in [-0.39, 0.29) is 6.04 Å². The van der Waals surface area contributed by atoms with Crippen molar-refractivity contribution in [3.8, 4) is 5.75 Å². The van der Waals surface area contributed by atoms with Crippen LogP contribution in [0.15, 0.2) is 24.3 Å². The van der Waals surface area contributed by atoms with E-state index in [1.807, 2.05) is 12.1 Å². The summed E-state index contributed by atoms with van der Waals surface area (Å²) < 4.78 is 11.2. The van der Waals surface area contributed by atoms with Crippen LogP contribution in [0.4, 0.5) is 0 Å². The van der Waals surface area contributed by atoms with E-state index in [9.17, 15) is 0 Å². The van der Waals surface area contributed by atoms with Gasteiger partial charge in [-0.15, -0.1) is 0 Å². The number of methoxy groups -OCH3 is 1. The second kappa shape index (κ2) is 8.94. The van der Waals surface area contributed by atoms with Crippen LogP contribution in [0.5, 0.6) is 5.75 Å². The number of rotatable bonds is 9. The zero-order chi connectivity index (χ0) is 14.1. The number of ether oxygens (including phenoxy) is 2. The van der Waals surface area contributed by atoms with Gasteiger partial charge in [-0.05, 0) is 44.0 Å². The summed E-state index contributed by atoms with van der Waals surface area (Å²) in [4.78, 5) is 0. The smallest absolute Gasteiger partial charge is 0.119 e. The monoisotopic (exact) mass is 265 g/mol. The molecule has 0 heterocycles. The Hall–Kier alpha value is -1.06. The molecule has 1 aromatic rings. The molecule has 0 aliphatic rings. The lowest BCUT2D eigenvalue weighted by Crippen LogP contribution is -2.27. The summed E-state index contributed by atoms with van der Waals surface area (Å²) >= 11 is 0. The van der Waals surface area contributed by atoms with Gasteiger partial charge < -0.3 is 14.8 Å². The molecular formula is C16H27NO2. The largest absolute Gasteiger partial charge is 0.497 e. The van der Waals surface area contributed by atoms with E-state index < -0.39 is 0 Å². The van der Waals surface area contributed by atoms with E-state index in [1.54, 1.807) is 7.11 Å². The molecule has 0 saturated carbocycles. The highest BCUT2D eigenvalue weighted by Gasteiger charge is 2.13. The summed E-state index contributed by atoms with van der Waals surface area (Å²) in [5.74, 6) is 0.893. The van der Waals surface area contributed by atoms with Gasteiger partial charge in [0, 0.05) is 0 Å². The van der Waals surface area contributed by atoms with Gasteiger partial charge >= 0.3 is 0 Å². The summed E-state index contributed by atoms with van der Waals surface area (Å²) in [7, 11) is 1.70. The van der Waals surface area contributed by atoms with Crippen LogP contribution in [-0.2, 0) is 4.74 Å². The van der Waals surface area contributed by atoms with E-state index >= 15 is 0 Å². The highest BCUT2D eigenvalue weighted by Crippen LogP contribution is 2.20. The van der Waals surface area contributed by atoms with E-state index in [2.05, 4.69) is 38.2 Å². The molecule has 0 bridgehead atoms. The third-order valence-electron chi connectivity index (χ3n) is 3.26. The first-order valence-electron chi connectivity index (χ1n) is 7.20. The van der Waals surface area contributed by atoms with Crippen LogP contribution in [-0.4, -0.2) is 26.4 Å². The maximum atomic E-state index is 5.87. The quantitative estimate of drug-likeness (QED) is 0.740. The molecule has 0 aromatic heterocycles. The van der Waals surface area contributed by atoms with Gasteiger partial charge in [-0.1, -0.05) is 26.0 Å². The number of hydrogen-bond donors (Lipinski definition) is 1. The molecule has 0 aliphatic heterocycles. The highest BCUT2D eigenvalue weighted by atomic mass is 16.5. The SMILES string of the molecule is CCCNC(COC(C)CC)c1cccc(OC)c1. The molecule has 0 amide bonds. The Labute approximate surface area is 117 Å². The summed E-state index contributed by atoms with van der Waals surface area (Å²) in [5.41, 5.74) is 1.22. The van der Waals surface area contributed by atoms with Crippen LogP contribution in [0.2, 0.25) is 0 Å². The third-order valence-corrected chi connectivity index (χ3v) is 3.26. The summed E-state index contributed by atoms with van der Waals surface area (Å²) in [6.07, 6.45) is 2.46. The standard InChI is InChI=1S/C16H27NO2/c1-5-10-17-16(12-19-13(3)6-2)14-8-7-9-15(11-14)18-4/h7-9,11,13,16-17H,5-6,10,12H2,1-4H3. The molecule has 108 valence electrons. The first-order chi connectivity index (χ1) is 9.21. The Morgan fingerprint density at radius 3 is 2.68 bits per heavy atom. The van der Waals surface area contributed by atoms with Crippen LogP contribution < -0.4 is 10.1 Å². The van der Waals surface area contributed by atoms with Crippen molar-refractivity contribution >= 4 is 0 Å². The Kier molecular flexibility index (Phi) is 7.53. The van der Waals surface area contributed by atoms with E-state index in [1.165, 1.54) is 5.56 Å². The molecule has 0 fully saturated rings. The van der Waals surface area contributed by atoms with Crippen LogP contribution in [0, 0.1) is 0 Å². The molecule has 2 unspecified atom stereocenters. The lowest BCUT2D eigenvalue weighted by Gasteiger charge is -2.21. The number of benzene rings is 1. The van der Waals surface area contributed by atoms with Crippen molar-refractivity contribution in [3.05, 3.63) is 29.8 Å². The first-order valence-corrected chi connectivity index (χ1v) is 7.20. The van der Waals surface area contributed by atoms with Crippen LogP contribution in [0.25, 0.3) is 0 Å². The molecule has 1 N–H and O–H groups in total. The van der Waals surface area contributed by atoms with E-state index in [0.29, 0.717) is 12.7 Å². The minimum atomic E-state index is 0.226. The van der Waals surface area contributed by atoms with Crippen molar-refractivity contribution < 1.29 is 9.47 Å². The highest BCUT2D eigenvalue weighted by molar-refractivity contribution is 5.30. The van der Waals surface area contributed by atoms with Gasteiger partial charge in [-0.3, -0.25) is 0 Å². The molecule has 3 nitrogen and oxygen atoms in total. The van der Waals surface area contributed by atoms with Gasteiger partial charge in [0.1, 0.15) is 5.75 Å². The minimum absolute atomic E-state index is 0.226. The summed E-state index contributed by atoms with van der Waals surface area (Å²) in [6, 6.07) is 8.42. The van der Waals surface area contributed by atoms with Gasteiger partial charge in [0.25, 0.3) is 0 Å². The maximum Gasteiger partial charge on any atom is 0.119 e. The van der Waals surface area contributed by atoms with Gasteiger partial charge in [0.15, 0.2) is 0 Å². The fraction of sp³-hybridized carbons (Fsp3) is 0.625. The Bertz CT molecular complexity index is 354. The average Bonchev–Trinajstić information content (AvgIpc) is 2.47. The van der Waals surface area contributed by atoms with Crippen molar-refractivity contribution in [1.82, 2.24) is 5.32 Å². The fourth-order valence-electron chi connectivity index (χ4n) is 1.83. The van der Waals surface area contributed by atoms with Crippen LogP contribution in [0.1, 0.15) is 45.2 Å². The molecule has 0 spiro atoms. The first kappa shape index (κ1) is 16.0. The van der Waals surface area contributed by atoms with Crippen molar-refractivity contribution in [2.75, 3.05) is 20.3 Å². The van der Waals surface area contributed by atoms with Crippen molar-refractivity contribution in [2.45, 2.75) is 45.8 Å². The lowest BCUT2D eigenvalue weighted by atomic mass is 10.1. The Morgan fingerprint density at radius 1 is 1.26 bits per heavy atom. The second-order valence-electron chi connectivity index (χ2n) is 4.84. The third kappa shape index (κ3) is 5.62. The van der Waals surface area contributed by atoms with Gasteiger partial charge in [0.05, 0.1) is 25.9 Å². The predicted octanol–water partition coefficient (Wildman–Crippen LogP) is 3.55. The minimum Gasteiger partial charge on any atom is -0.497 e. The molecular weight excluding hydrogens is 238 g/mol. The molecule has 1 aromatic carbocycles. The molecule has 2 atom stereocenters. The van der Waals surface area contributed by atoms with Gasteiger partial charge in [-0.2, -0.15) is 0 Å². The molecule has 1 rings (SSSR count). The van der Waals surface area contributed by atoms with Crippen molar-refractivity contribution in [2.24, 2.45) is 0 Å². The Morgan fingerprint density at radius 2 is 2.05 bits per heavy atom. The zero-order valence-electron chi connectivity index (χ0n) is 12.6. The molecule has 0 aliphatic carbocycles. The van der Waals surface area contributed by atoms with Crippen molar-refractivity contribution in [1.29, 1.82) is 0 Å². The maximum absolute atomic E-state index is 5.87. The van der Waals surface area contributed by atoms with Crippen LogP contribution >= 0.6 is 0 Å². The normalized spacial score (nSPS) is 14.1. The predicted molar refractivity (Wildman–Crippen MR) is 79.7 cm³/mol. The van der Waals surface area contributed by atoms with Crippen LogP contribution in [0.3, 0.4) is 0 Å². The molecule has 0 saturated heterocycles. The molecule has 3 heteroatoms. The summed E-state index contributed by atoms with van der Waals surface area (Å²) in [6.45, 7) is 8.12. The average molecular weight is 265 g/mol. The topological polar surface area (TPSA) is 30.5 Å². The second-order valence-corrected chi connectivity index (χ2v) is 4.84. The zero-order valence-corrected chi connectivity index (χ0v) is 12.6. The van der Waals surface area contributed by atoms with Gasteiger partial charge in [0.2, 0.25) is 0 Å². The number of hydrogen-bond acceptors (Lipinski definition) is 3. The molecule has 19 heavy (non-hydrogen) atoms. The van der Waals surface area contributed by atoms with Gasteiger partial charge in [-0.25, -0.2) is 0 Å². The van der Waals surface area contributed by atoms with E-state index in [4.69, 9.17) is 9.47 Å². The fourth-order valence-corrected chi connectivity index (χ4v) is 1.83. The van der Waals surface area contributed by atoms with E-state index in [0.717, 1.165) is 25.1 Å². The van der Waals surface area contributed by atoms with Crippen molar-refractivity contribution in [3.63, 3.8) is 0 Å². The summed E-state index contributed by atoms with van der Waals surface area (Å²) in [5, 5.41) is 3.54. The Balaban J connectivity index is 2.70. The molecule has 0 radical (unpaired) electrons. The number of nitrogens with one attached hydrogen (secondary N) is 1. The lowest BCUT2D eigenvalue weighted by molar-refractivity contribution is 0.0474.